The topological polar surface area (TPSA) is 100 Å². The van der Waals surface area contributed by atoms with Crippen molar-refractivity contribution >= 4 is 23.3 Å². The molecule has 1 aromatic carbocycles. The van der Waals surface area contributed by atoms with Crippen LogP contribution in [0.15, 0.2) is 30.5 Å². The van der Waals surface area contributed by atoms with E-state index in [9.17, 15) is 9.59 Å². The number of aromatic carboxylic acids is 1. The number of anilines is 2. The van der Waals surface area contributed by atoms with Crippen LogP contribution in [0.1, 0.15) is 10.5 Å². The van der Waals surface area contributed by atoms with E-state index in [1.807, 2.05) is 37.2 Å². The SMILES string of the molecule is CN(C)c1cccc(NC(=O)Cn2cc(C(=O)O)nn2)c1. The highest BCUT2D eigenvalue weighted by Gasteiger charge is 2.11. The molecule has 8 heteroatoms. The van der Waals surface area contributed by atoms with Gasteiger partial charge in [-0.15, -0.1) is 5.10 Å². The molecule has 0 aliphatic rings. The average Bonchev–Trinajstić information content (AvgIpc) is 2.87. The van der Waals surface area contributed by atoms with Gasteiger partial charge in [-0.3, -0.25) is 4.79 Å². The molecule has 110 valence electrons. The van der Waals surface area contributed by atoms with Crippen LogP contribution in [-0.2, 0) is 11.3 Å². The van der Waals surface area contributed by atoms with Gasteiger partial charge in [-0.05, 0) is 18.2 Å². The molecule has 0 fully saturated rings. The van der Waals surface area contributed by atoms with Gasteiger partial charge in [0.25, 0.3) is 0 Å². The molecule has 0 saturated heterocycles. The molecule has 21 heavy (non-hydrogen) atoms. The van der Waals surface area contributed by atoms with Crippen molar-refractivity contribution in [1.82, 2.24) is 15.0 Å². The van der Waals surface area contributed by atoms with Crippen molar-refractivity contribution in [3.8, 4) is 0 Å². The number of nitrogens with zero attached hydrogens (tertiary/aromatic N) is 4. The predicted octanol–water partition coefficient (Wildman–Crippen LogP) is 0.681. The Hall–Kier alpha value is -2.90. The Morgan fingerprint density at radius 1 is 1.38 bits per heavy atom. The Balaban J connectivity index is 2.01. The first-order valence-electron chi connectivity index (χ1n) is 6.16. The molecule has 0 radical (unpaired) electrons. The van der Waals surface area contributed by atoms with Crippen LogP contribution in [0.5, 0.6) is 0 Å². The lowest BCUT2D eigenvalue weighted by molar-refractivity contribution is -0.116. The maximum Gasteiger partial charge on any atom is 0.358 e. The number of carbonyl (C=O) groups excluding carboxylic acids is 1. The molecule has 0 unspecified atom stereocenters. The first kappa shape index (κ1) is 14.5. The van der Waals surface area contributed by atoms with Crippen molar-refractivity contribution in [2.24, 2.45) is 0 Å². The van der Waals surface area contributed by atoms with Gasteiger partial charge in [0, 0.05) is 25.5 Å². The maximum absolute atomic E-state index is 11.9. The average molecular weight is 289 g/mol. The van der Waals surface area contributed by atoms with Crippen LogP contribution in [0.4, 0.5) is 11.4 Å². The second-order valence-electron chi connectivity index (χ2n) is 4.60. The van der Waals surface area contributed by atoms with Crippen LogP contribution in [0, 0.1) is 0 Å². The number of hydrogen-bond donors (Lipinski definition) is 2. The van der Waals surface area contributed by atoms with Crippen LogP contribution in [0.3, 0.4) is 0 Å². The number of hydrogen-bond acceptors (Lipinski definition) is 5. The highest BCUT2D eigenvalue weighted by molar-refractivity contribution is 5.91. The summed E-state index contributed by atoms with van der Waals surface area (Å²) in [6, 6.07) is 7.37. The van der Waals surface area contributed by atoms with Crippen LogP contribution >= 0.6 is 0 Å². The van der Waals surface area contributed by atoms with Gasteiger partial charge >= 0.3 is 5.97 Å². The quantitative estimate of drug-likeness (QED) is 0.839. The highest BCUT2D eigenvalue weighted by atomic mass is 16.4. The third kappa shape index (κ3) is 3.78. The molecule has 0 saturated carbocycles. The van der Waals surface area contributed by atoms with Gasteiger partial charge < -0.3 is 15.3 Å². The number of rotatable bonds is 5. The summed E-state index contributed by atoms with van der Waals surface area (Å²) in [6.45, 7) is -0.105. The standard InChI is InChI=1S/C13H15N5O3/c1-17(2)10-5-3-4-9(6-10)14-12(19)8-18-7-11(13(20)21)15-16-18/h3-7H,8H2,1-2H3,(H,14,19)(H,20,21). The summed E-state index contributed by atoms with van der Waals surface area (Å²) in [5.74, 6) is -1.49. The molecule has 0 aliphatic heterocycles. The fraction of sp³-hybridized carbons (Fsp3) is 0.231. The van der Waals surface area contributed by atoms with Gasteiger partial charge in [0.1, 0.15) is 6.54 Å². The summed E-state index contributed by atoms with van der Waals surface area (Å²) in [5, 5.41) is 18.5. The van der Waals surface area contributed by atoms with E-state index in [1.165, 1.54) is 10.9 Å². The lowest BCUT2D eigenvalue weighted by Gasteiger charge is -2.13. The number of nitrogens with one attached hydrogen (secondary N) is 1. The van der Waals surface area contributed by atoms with Crippen LogP contribution < -0.4 is 10.2 Å². The number of carboxylic acid groups (broad SMARTS) is 1. The molecule has 2 aromatic rings. The van der Waals surface area contributed by atoms with Crippen molar-refractivity contribution in [2.75, 3.05) is 24.3 Å². The third-order valence-corrected chi connectivity index (χ3v) is 2.71. The minimum Gasteiger partial charge on any atom is -0.476 e. The van der Waals surface area contributed by atoms with Gasteiger partial charge in [-0.25, -0.2) is 9.48 Å². The summed E-state index contributed by atoms with van der Waals surface area (Å²) in [7, 11) is 3.81. The molecular formula is C13H15N5O3. The van der Waals surface area contributed by atoms with Gasteiger partial charge in [0.2, 0.25) is 5.91 Å². The highest BCUT2D eigenvalue weighted by Crippen LogP contribution is 2.17. The number of carbonyl (C=O) groups is 2. The lowest BCUT2D eigenvalue weighted by Crippen LogP contribution is -2.19. The van der Waals surface area contributed by atoms with Gasteiger partial charge in [-0.2, -0.15) is 0 Å². The zero-order valence-electron chi connectivity index (χ0n) is 11.6. The minimum absolute atomic E-state index is 0.105. The Morgan fingerprint density at radius 3 is 2.76 bits per heavy atom. The van der Waals surface area contributed by atoms with Gasteiger partial charge in [-0.1, -0.05) is 11.3 Å². The van der Waals surface area contributed by atoms with E-state index >= 15 is 0 Å². The first-order chi connectivity index (χ1) is 9.95. The fourth-order valence-corrected chi connectivity index (χ4v) is 1.68. The van der Waals surface area contributed by atoms with E-state index in [2.05, 4.69) is 15.6 Å². The number of aromatic nitrogens is 3. The van der Waals surface area contributed by atoms with E-state index in [0.717, 1.165) is 5.69 Å². The van der Waals surface area contributed by atoms with Crippen molar-refractivity contribution in [3.63, 3.8) is 0 Å². The summed E-state index contributed by atoms with van der Waals surface area (Å²) < 4.78 is 1.18. The van der Waals surface area contributed by atoms with Crippen LogP contribution in [0.2, 0.25) is 0 Å². The third-order valence-electron chi connectivity index (χ3n) is 2.71. The smallest absolute Gasteiger partial charge is 0.358 e. The first-order valence-corrected chi connectivity index (χ1v) is 6.16. The molecule has 8 nitrogen and oxygen atoms in total. The molecule has 2 rings (SSSR count). The number of amides is 1. The largest absolute Gasteiger partial charge is 0.476 e. The Labute approximate surface area is 121 Å². The van der Waals surface area contributed by atoms with Crippen molar-refractivity contribution in [2.45, 2.75) is 6.54 Å². The van der Waals surface area contributed by atoms with E-state index in [0.29, 0.717) is 5.69 Å². The molecule has 1 heterocycles. The molecule has 0 atom stereocenters. The second kappa shape index (κ2) is 6.04. The zero-order chi connectivity index (χ0) is 15.4. The number of benzene rings is 1. The summed E-state index contributed by atoms with van der Waals surface area (Å²) in [4.78, 5) is 24.5. The Bertz CT molecular complexity index is 665. The fourth-order valence-electron chi connectivity index (χ4n) is 1.68. The van der Waals surface area contributed by atoms with E-state index in [1.54, 1.807) is 6.07 Å². The normalized spacial score (nSPS) is 10.2. The molecule has 1 amide bonds. The lowest BCUT2D eigenvalue weighted by atomic mass is 10.2. The van der Waals surface area contributed by atoms with Crippen molar-refractivity contribution in [3.05, 3.63) is 36.2 Å². The van der Waals surface area contributed by atoms with E-state index in [-0.39, 0.29) is 18.1 Å². The van der Waals surface area contributed by atoms with Crippen molar-refractivity contribution in [1.29, 1.82) is 0 Å². The molecule has 0 spiro atoms. The molecule has 0 aliphatic carbocycles. The summed E-state index contributed by atoms with van der Waals surface area (Å²) in [6.07, 6.45) is 1.21. The second-order valence-corrected chi connectivity index (χ2v) is 4.60. The van der Waals surface area contributed by atoms with Crippen LogP contribution in [-0.4, -0.2) is 46.1 Å². The Kier molecular flexibility index (Phi) is 4.17. The van der Waals surface area contributed by atoms with Crippen LogP contribution in [0.25, 0.3) is 0 Å². The van der Waals surface area contributed by atoms with Crippen molar-refractivity contribution < 1.29 is 14.7 Å². The predicted molar refractivity (Wildman–Crippen MR) is 76.4 cm³/mol. The number of carboxylic acids is 1. The maximum atomic E-state index is 11.9. The Morgan fingerprint density at radius 2 is 2.14 bits per heavy atom. The minimum atomic E-state index is -1.18. The summed E-state index contributed by atoms with van der Waals surface area (Å²) in [5.41, 5.74) is 1.42. The van der Waals surface area contributed by atoms with Gasteiger partial charge in [0.05, 0.1) is 6.20 Å². The zero-order valence-corrected chi connectivity index (χ0v) is 11.6. The molecule has 1 aromatic heterocycles. The van der Waals surface area contributed by atoms with Gasteiger partial charge in [0.15, 0.2) is 5.69 Å². The monoisotopic (exact) mass is 289 g/mol. The molecule has 0 bridgehead atoms. The summed E-state index contributed by atoms with van der Waals surface area (Å²) >= 11 is 0. The van der Waals surface area contributed by atoms with E-state index in [4.69, 9.17) is 5.11 Å². The van der Waals surface area contributed by atoms with E-state index < -0.39 is 5.97 Å². The molecular weight excluding hydrogens is 274 g/mol. The molecule has 2 N–H and O–H groups in total.